The second-order valence-corrected chi connectivity index (χ2v) is 6.90. The molecule has 136 valence electrons. The van der Waals surface area contributed by atoms with Crippen LogP contribution in [-0.2, 0) is 4.79 Å². The van der Waals surface area contributed by atoms with Gasteiger partial charge in [0.05, 0.1) is 6.54 Å². The molecule has 2 fully saturated rings. The number of carbonyl (C=O) groups is 3. The second kappa shape index (κ2) is 5.82. The lowest BCUT2D eigenvalue weighted by atomic mass is 10.1. The average molecular weight is 356 g/mol. The van der Waals surface area contributed by atoms with Gasteiger partial charge in [0.2, 0.25) is 0 Å². The third-order valence-electron chi connectivity index (χ3n) is 5.16. The van der Waals surface area contributed by atoms with Crippen LogP contribution in [0.25, 0.3) is 5.82 Å². The lowest BCUT2D eigenvalue weighted by Crippen LogP contribution is -2.37. The number of aromatic nitrogens is 2. The van der Waals surface area contributed by atoms with E-state index in [0.717, 1.165) is 17.0 Å². The van der Waals surface area contributed by atoms with Crippen LogP contribution in [0.4, 0.5) is 4.79 Å². The van der Waals surface area contributed by atoms with E-state index in [1.165, 1.54) is 0 Å². The van der Waals surface area contributed by atoms with Gasteiger partial charge in [0.15, 0.2) is 11.6 Å². The highest BCUT2D eigenvalue weighted by molar-refractivity contribution is 6.09. The number of nitrogens with zero attached hydrogens (tertiary/aromatic N) is 4. The molecule has 2 aliphatic rings. The summed E-state index contributed by atoms with van der Waals surface area (Å²) in [5.74, 6) is 0.758. The molecule has 2 saturated heterocycles. The summed E-state index contributed by atoms with van der Waals surface area (Å²) in [4.78, 5) is 40.3. The number of hydrogen-bond donors (Lipinski definition) is 0. The molecule has 8 nitrogen and oxygen atoms in total. The van der Waals surface area contributed by atoms with Gasteiger partial charge in [0, 0.05) is 29.6 Å². The Bertz CT molecular complexity index is 904. The summed E-state index contributed by atoms with van der Waals surface area (Å²) in [7, 11) is 0. The maximum atomic E-state index is 12.8. The van der Waals surface area contributed by atoms with E-state index in [1.807, 2.05) is 18.4 Å². The lowest BCUT2D eigenvalue weighted by Gasteiger charge is -2.14. The normalized spacial score (nSPS) is 19.6. The van der Waals surface area contributed by atoms with E-state index in [1.54, 1.807) is 24.0 Å². The fourth-order valence-corrected chi connectivity index (χ4v) is 3.91. The Kier molecular flexibility index (Phi) is 3.71. The first kappa shape index (κ1) is 16.6. The molecule has 4 rings (SSSR count). The second-order valence-electron chi connectivity index (χ2n) is 6.90. The minimum atomic E-state index is -0.388. The van der Waals surface area contributed by atoms with Crippen molar-refractivity contribution >= 4 is 17.7 Å². The zero-order chi connectivity index (χ0) is 18.6. The van der Waals surface area contributed by atoms with Crippen molar-refractivity contribution in [2.24, 2.45) is 0 Å². The van der Waals surface area contributed by atoms with Crippen LogP contribution in [-0.4, -0.2) is 56.4 Å². The van der Waals surface area contributed by atoms with Crippen molar-refractivity contribution in [1.82, 2.24) is 19.5 Å². The zero-order valence-corrected chi connectivity index (χ0v) is 15.0. The Morgan fingerprint density at radius 2 is 2.04 bits per heavy atom. The van der Waals surface area contributed by atoms with Gasteiger partial charge in [0.1, 0.15) is 11.8 Å². The predicted octanol–water partition coefficient (Wildman–Crippen LogP) is 2.00. The molecule has 2 aromatic rings. The molecule has 2 aromatic heterocycles. The molecule has 0 unspecified atom stereocenters. The largest absolute Gasteiger partial charge is 0.360 e. The average Bonchev–Trinajstić information content (AvgIpc) is 3.33. The smallest absolute Gasteiger partial charge is 0.327 e. The summed E-state index contributed by atoms with van der Waals surface area (Å²) in [5.41, 5.74) is 2.02. The first-order valence-corrected chi connectivity index (χ1v) is 8.66. The number of amides is 3. The van der Waals surface area contributed by atoms with Crippen molar-refractivity contribution in [2.45, 2.75) is 39.7 Å². The predicted molar refractivity (Wildman–Crippen MR) is 91.2 cm³/mol. The molecule has 0 N–H and O–H groups in total. The van der Waals surface area contributed by atoms with Crippen LogP contribution in [0.3, 0.4) is 0 Å². The number of imide groups is 1. The van der Waals surface area contributed by atoms with Crippen LogP contribution in [0, 0.1) is 20.8 Å². The van der Waals surface area contributed by atoms with E-state index in [2.05, 4.69) is 5.16 Å². The standard InChI is InChI=1S/C18H20N4O4/c1-10-7-13(12(3)22(10)16-8-11(2)26-19-16)15(23)9-21-17(24)14-5-4-6-20(14)18(21)25/h7-8,14H,4-6,9H2,1-3H3/t14-/m1/s1. The number of hydrogen-bond acceptors (Lipinski definition) is 5. The summed E-state index contributed by atoms with van der Waals surface area (Å²) < 4.78 is 6.95. The number of urea groups is 1. The van der Waals surface area contributed by atoms with Crippen molar-refractivity contribution in [3.8, 4) is 5.82 Å². The van der Waals surface area contributed by atoms with Crippen LogP contribution in [0.5, 0.6) is 0 Å². The van der Waals surface area contributed by atoms with Gasteiger partial charge in [-0.2, -0.15) is 0 Å². The molecular formula is C18H20N4O4. The van der Waals surface area contributed by atoms with Crippen molar-refractivity contribution in [1.29, 1.82) is 0 Å². The van der Waals surface area contributed by atoms with Gasteiger partial charge in [-0.05, 0) is 39.7 Å². The van der Waals surface area contributed by atoms with Gasteiger partial charge in [-0.3, -0.25) is 19.1 Å². The van der Waals surface area contributed by atoms with E-state index in [-0.39, 0.29) is 30.3 Å². The van der Waals surface area contributed by atoms with Crippen LogP contribution in [0.15, 0.2) is 16.7 Å². The summed E-state index contributed by atoms with van der Waals surface area (Å²) in [6.45, 7) is 5.84. The SMILES string of the molecule is Cc1cc(-n2c(C)cc(C(=O)CN3C(=O)[C@H]4CCCN4C3=O)c2C)no1. The van der Waals surface area contributed by atoms with Crippen molar-refractivity contribution in [3.05, 3.63) is 34.8 Å². The summed E-state index contributed by atoms with van der Waals surface area (Å²) in [5, 5.41) is 4.00. The Morgan fingerprint density at radius 1 is 1.27 bits per heavy atom. The summed E-state index contributed by atoms with van der Waals surface area (Å²) in [6.07, 6.45) is 1.51. The minimum Gasteiger partial charge on any atom is -0.360 e. The van der Waals surface area contributed by atoms with Crippen LogP contribution >= 0.6 is 0 Å². The molecule has 0 spiro atoms. The number of aryl methyl sites for hydroxylation is 2. The number of rotatable bonds is 4. The van der Waals surface area contributed by atoms with E-state index in [4.69, 9.17) is 4.52 Å². The summed E-state index contributed by atoms with van der Waals surface area (Å²) >= 11 is 0. The van der Waals surface area contributed by atoms with Crippen LogP contribution < -0.4 is 0 Å². The molecular weight excluding hydrogens is 336 g/mol. The van der Waals surface area contributed by atoms with E-state index in [9.17, 15) is 14.4 Å². The van der Waals surface area contributed by atoms with Gasteiger partial charge in [-0.1, -0.05) is 5.16 Å². The lowest BCUT2D eigenvalue weighted by molar-refractivity contribution is -0.127. The Hall–Kier alpha value is -2.90. The van der Waals surface area contributed by atoms with E-state index < -0.39 is 0 Å². The third-order valence-corrected chi connectivity index (χ3v) is 5.16. The van der Waals surface area contributed by atoms with Crippen molar-refractivity contribution in [3.63, 3.8) is 0 Å². The highest BCUT2D eigenvalue weighted by atomic mass is 16.5. The molecule has 26 heavy (non-hydrogen) atoms. The number of Topliss-reactive ketones (excluding diaryl/α,β-unsaturated/α-hetero) is 1. The number of fused-ring (bicyclic) bond motifs is 1. The van der Waals surface area contributed by atoms with Gasteiger partial charge in [0.25, 0.3) is 5.91 Å². The van der Waals surface area contributed by atoms with Crippen LogP contribution in [0.1, 0.15) is 40.3 Å². The monoisotopic (exact) mass is 356 g/mol. The summed E-state index contributed by atoms with van der Waals surface area (Å²) in [6, 6.07) is 2.80. The maximum Gasteiger partial charge on any atom is 0.327 e. The molecule has 4 heterocycles. The van der Waals surface area contributed by atoms with Crippen LogP contribution in [0.2, 0.25) is 0 Å². The van der Waals surface area contributed by atoms with Gasteiger partial charge in [-0.15, -0.1) is 0 Å². The van der Waals surface area contributed by atoms with Gasteiger partial charge < -0.3 is 9.42 Å². The topological polar surface area (TPSA) is 88.7 Å². The van der Waals surface area contributed by atoms with Crippen molar-refractivity contribution in [2.75, 3.05) is 13.1 Å². The molecule has 0 aliphatic carbocycles. The molecule has 0 saturated carbocycles. The third kappa shape index (κ3) is 2.36. The molecule has 3 amide bonds. The fraction of sp³-hybridized carbons (Fsp3) is 0.444. The first-order valence-electron chi connectivity index (χ1n) is 8.66. The maximum absolute atomic E-state index is 12.8. The number of ketones is 1. The Labute approximate surface area is 150 Å². The van der Waals surface area contributed by atoms with Gasteiger partial charge in [-0.25, -0.2) is 4.79 Å². The molecule has 8 heteroatoms. The Morgan fingerprint density at radius 3 is 2.69 bits per heavy atom. The molecule has 2 aliphatic heterocycles. The highest BCUT2D eigenvalue weighted by Crippen LogP contribution is 2.28. The minimum absolute atomic E-state index is 0.229. The Balaban J connectivity index is 1.60. The van der Waals surface area contributed by atoms with E-state index in [0.29, 0.717) is 35.8 Å². The quantitative estimate of drug-likeness (QED) is 0.617. The fourth-order valence-electron chi connectivity index (χ4n) is 3.91. The first-order chi connectivity index (χ1) is 12.4. The zero-order valence-electron chi connectivity index (χ0n) is 15.0. The molecule has 0 radical (unpaired) electrons. The molecule has 1 atom stereocenters. The molecule has 0 aromatic carbocycles. The highest BCUT2D eigenvalue weighted by Gasteiger charge is 2.47. The molecule has 0 bridgehead atoms. The van der Waals surface area contributed by atoms with Gasteiger partial charge >= 0.3 is 6.03 Å². The van der Waals surface area contributed by atoms with Crippen molar-refractivity contribution < 1.29 is 18.9 Å². The van der Waals surface area contributed by atoms with E-state index >= 15 is 0 Å². The number of carbonyl (C=O) groups excluding carboxylic acids is 3.